The van der Waals surface area contributed by atoms with E-state index in [0.717, 1.165) is 11.5 Å². The highest BCUT2D eigenvalue weighted by Gasteiger charge is 2.06. The minimum absolute atomic E-state index is 0.443. The second-order valence-corrected chi connectivity index (χ2v) is 3.22. The van der Waals surface area contributed by atoms with Gasteiger partial charge in [0.25, 0.3) is 0 Å². The van der Waals surface area contributed by atoms with Crippen LogP contribution in [0, 0.1) is 0 Å². The van der Waals surface area contributed by atoms with Gasteiger partial charge in [0.15, 0.2) is 0 Å². The zero-order valence-electron chi connectivity index (χ0n) is 8.36. The molecule has 1 rings (SSSR count). The molecule has 13 heavy (non-hydrogen) atoms. The lowest BCUT2D eigenvalue weighted by atomic mass is 10.1. The number of hydrogen-bond donors (Lipinski definition) is 0. The van der Waals surface area contributed by atoms with Crippen LogP contribution < -0.4 is 0 Å². The average molecular weight is 177 g/mol. The molecule has 0 saturated carbocycles. The smallest absolute Gasteiger partial charge is 0.150 e. The third kappa shape index (κ3) is 2.28. The fourth-order valence-electron chi connectivity index (χ4n) is 1.01. The Bertz CT molecular complexity index is 321. The van der Waals surface area contributed by atoms with Crippen LogP contribution in [-0.2, 0) is 7.05 Å². The Balaban J connectivity index is 2.96. The third-order valence-electron chi connectivity index (χ3n) is 1.78. The van der Waals surface area contributed by atoms with Crippen LogP contribution >= 0.6 is 0 Å². The summed E-state index contributed by atoms with van der Waals surface area (Å²) < 4.78 is 1.77. The highest BCUT2D eigenvalue weighted by atomic mass is 15.3. The molecule has 1 heterocycles. The quantitative estimate of drug-likeness (QED) is 0.652. The monoisotopic (exact) mass is 177 g/mol. The standard InChI is InChI=1S/C10H15N3/c1-5-6-11-10-7-9(8(2)3)12-13(10)4/h5-8H,1H2,2-4H3/b11-6-. The molecule has 0 atom stereocenters. The minimum atomic E-state index is 0.443. The summed E-state index contributed by atoms with van der Waals surface area (Å²) in [7, 11) is 1.89. The fraction of sp³-hybridized carbons (Fsp3) is 0.400. The van der Waals surface area contributed by atoms with Crippen molar-refractivity contribution in [2.75, 3.05) is 0 Å². The van der Waals surface area contributed by atoms with E-state index in [0.29, 0.717) is 5.92 Å². The summed E-state index contributed by atoms with van der Waals surface area (Å²) in [6.45, 7) is 7.80. The van der Waals surface area contributed by atoms with Crippen molar-refractivity contribution in [2.45, 2.75) is 19.8 Å². The predicted molar refractivity (Wildman–Crippen MR) is 55.6 cm³/mol. The number of rotatable bonds is 3. The normalized spacial score (nSPS) is 11.4. The van der Waals surface area contributed by atoms with Gasteiger partial charge in [0, 0.05) is 19.3 Å². The Kier molecular flexibility index (Phi) is 3.01. The number of nitrogens with zero attached hydrogens (tertiary/aromatic N) is 3. The second-order valence-electron chi connectivity index (χ2n) is 3.22. The van der Waals surface area contributed by atoms with Crippen molar-refractivity contribution in [2.24, 2.45) is 12.0 Å². The van der Waals surface area contributed by atoms with Crippen LogP contribution in [0.2, 0.25) is 0 Å². The molecule has 0 spiro atoms. The molecule has 0 aliphatic carbocycles. The van der Waals surface area contributed by atoms with Crippen LogP contribution in [-0.4, -0.2) is 16.0 Å². The lowest BCUT2D eigenvalue weighted by Gasteiger charge is -1.95. The molecule has 0 N–H and O–H groups in total. The summed E-state index contributed by atoms with van der Waals surface area (Å²) in [6.07, 6.45) is 3.32. The van der Waals surface area contributed by atoms with Gasteiger partial charge < -0.3 is 0 Å². The molecule has 0 radical (unpaired) electrons. The van der Waals surface area contributed by atoms with E-state index in [1.807, 2.05) is 13.1 Å². The van der Waals surface area contributed by atoms with Crippen molar-refractivity contribution >= 4 is 12.0 Å². The average Bonchev–Trinajstić information content (AvgIpc) is 2.44. The lowest BCUT2D eigenvalue weighted by Crippen LogP contribution is -1.93. The van der Waals surface area contributed by atoms with Gasteiger partial charge in [0.05, 0.1) is 5.69 Å². The van der Waals surface area contributed by atoms with Gasteiger partial charge >= 0.3 is 0 Å². The number of hydrogen-bond acceptors (Lipinski definition) is 2. The molecular formula is C10H15N3. The Morgan fingerprint density at radius 2 is 2.31 bits per heavy atom. The van der Waals surface area contributed by atoms with E-state index < -0.39 is 0 Å². The minimum Gasteiger partial charge on any atom is -0.251 e. The number of aromatic nitrogens is 2. The molecule has 0 aliphatic heterocycles. The highest BCUT2D eigenvalue weighted by molar-refractivity contribution is 5.73. The SMILES string of the molecule is C=C/C=N\c1cc(C(C)C)nn1C. The van der Waals surface area contributed by atoms with Crippen LogP contribution in [0.25, 0.3) is 0 Å². The van der Waals surface area contributed by atoms with Gasteiger partial charge in [-0.1, -0.05) is 26.5 Å². The first kappa shape index (κ1) is 9.71. The molecule has 0 aliphatic rings. The number of allylic oxidation sites excluding steroid dienone is 1. The molecule has 0 amide bonds. The molecule has 3 heteroatoms. The maximum atomic E-state index is 4.33. The molecule has 0 unspecified atom stereocenters. The summed E-state index contributed by atoms with van der Waals surface area (Å²) in [5.41, 5.74) is 1.07. The van der Waals surface area contributed by atoms with Crippen LogP contribution in [0.5, 0.6) is 0 Å². The van der Waals surface area contributed by atoms with Crippen LogP contribution in [0.3, 0.4) is 0 Å². The molecule has 0 saturated heterocycles. The Morgan fingerprint density at radius 3 is 2.77 bits per heavy atom. The topological polar surface area (TPSA) is 30.2 Å². The molecule has 0 bridgehead atoms. The van der Waals surface area contributed by atoms with Gasteiger partial charge in [-0.15, -0.1) is 0 Å². The van der Waals surface area contributed by atoms with Crippen molar-refractivity contribution in [3.63, 3.8) is 0 Å². The molecular weight excluding hydrogens is 162 g/mol. The maximum Gasteiger partial charge on any atom is 0.150 e. The molecule has 0 aromatic carbocycles. The molecule has 3 nitrogen and oxygen atoms in total. The summed E-state index contributed by atoms with van der Waals surface area (Å²) in [6, 6.07) is 1.99. The van der Waals surface area contributed by atoms with Crippen molar-refractivity contribution in [1.29, 1.82) is 0 Å². The summed E-state index contributed by atoms with van der Waals surface area (Å²) in [5, 5.41) is 4.33. The van der Waals surface area contributed by atoms with Gasteiger partial charge in [-0.05, 0) is 5.92 Å². The lowest BCUT2D eigenvalue weighted by molar-refractivity contribution is 0.715. The van der Waals surface area contributed by atoms with Crippen LogP contribution in [0.1, 0.15) is 25.5 Å². The molecule has 70 valence electrons. The summed E-state index contributed by atoms with van der Waals surface area (Å²) in [4.78, 5) is 4.18. The van der Waals surface area contributed by atoms with Crippen LogP contribution in [0.15, 0.2) is 23.7 Å². The molecule has 1 aromatic heterocycles. The highest BCUT2D eigenvalue weighted by Crippen LogP contribution is 2.18. The van der Waals surface area contributed by atoms with Gasteiger partial charge in [0.2, 0.25) is 0 Å². The van der Waals surface area contributed by atoms with E-state index in [2.05, 4.69) is 30.5 Å². The third-order valence-corrected chi connectivity index (χ3v) is 1.78. The van der Waals surface area contributed by atoms with Gasteiger partial charge in [0.1, 0.15) is 5.82 Å². The Hall–Kier alpha value is -1.38. The van der Waals surface area contributed by atoms with Gasteiger partial charge in [-0.2, -0.15) is 5.10 Å². The van der Waals surface area contributed by atoms with Crippen molar-refractivity contribution < 1.29 is 0 Å². The van der Waals surface area contributed by atoms with E-state index >= 15 is 0 Å². The molecule has 0 fully saturated rings. The summed E-state index contributed by atoms with van der Waals surface area (Å²) >= 11 is 0. The first-order chi connectivity index (χ1) is 6.15. The Morgan fingerprint density at radius 1 is 1.62 bits per heavy atom. The van der Waals surface area contributed by atoms with E-state index in [9.17, 15) is 0 Å². The van der Waals surface area contributed by atoms with Crippen molar-refractivity contribution in [3.8, 4) is 0 Å². The van der Waals surface area contributed by atoms with Gasteiger partial charge in [-0.3, -0.25) is 4.68 Å². The summed E-state index contributed by atoms with van der Waals surface area (Å²) in [5.74, 6) is 1.31. The maximum absolute atomic E-state index is 4.33. The number of aryl methyl sites for hydroxylation is 1. The predicted octanol–water partition coefficient (Wildman–Crippen LogP) is 2.43. The first-order valence-corrected chi connectivity index (χ1v) is 4.34. The zero-order chi connectivity index (χ0) is 9.84. The molecule has 1 aromatic rings. The first-order valence-electron chi connectivity index (χ1n) is 4.34. The van der Waals surface area contributed by atoms with E-state index in [-0.39, 0.29) is 0 Å². The van der Waals surface area contributed by atoms with Crippen molar-refractivity contribution in [1.82, 2.24) is 9.78 Å². The zero-order valence-corrected chi connectivity index (χ0v) is 8.36. The van der Waals surface area contributed by atoms with Crippen molar-refractivity contribution in [3.05, 3.63) is 24.4 Å². The van der Waals surface area contributed by atoms with E-state index in [1.54, 1.807) is 17.0 Å². The van der Waals surface area contributed by atoms with Gasteiger partial charge in [-0.25, -0.2) is 4.99 Å². The number of aliphatic imine (C=N–C) groups is 1. The fourth-order valence-corrected chi connectivity index (χ4v) is 1.01. The van der Waals surface area contributed by atoms with E-state index in [4.69, 9.17) is 0 Å². The van der Waals surface area contributed by atoms with E-state index in [1.165, 1.54) is 0 Å². The Labute approximate surface area is 78.8 Å². The largest absolute Gasteiger partial charge is 0.251 e. The second kappa shape index (κ2) is 4.03. The van der Waals surface area contributed by atoms with Crippen LogP contribution in [0.4, 0.5) is 5.82 Å².